The molecule has 0 saturated carbocycles. The van der Waals surface area contributed by atoms with E-state index in [0.717, 1.165) is 63.6 Å². The highest BCUT2D eigenvalue weighted by Gasteiger charge is 2.21. The summed E-state index contributed by atoms with van der Waals surface area (Å²) in [6, 6.07) is 0. The van der Waals surface area contributed by atoms with Crippen LogP contribution in [-0.4, -0.2) is 63.3 Å². The molecule has 2 atom stereocenters. The Hall–Kier alpha value is -0.0800. The first-order valence-electron chi connectivity index (χ1n) is 8.97. The number of ether oxygens (including phenoxy) is 1. The Morgan fingerprint density at radius 1 is 1.17 bits per heavy atom. The molecule has 0 aliphatic carbocycles. The highest BCUT2D eigenvalue weighted by Crippen LogP contribution is 2.20. The fraction of sp³-hybridized carbons (Fsp3) is 0.941. The summed E-state index contributed by atoms with van der Waals surface area (Å²) in [5.74, 6) is 2.57. The Balaban J connectivity index is 0.00000484. The number of likely N-dealkylation sites (tertiary alicyclic amines) is 1. The molecule has 138 valence electrons. The summed E-state index contributed by atoms with van der Waals surface area (Å²) in [7, 11) is 0. The predicted octanol–water partition coefficient (Wildman–Crippen LogP) is 2.56. The topological polar surface area (TPSA) is 48.9 Å². The van der Waals surface area contributed by atoms with Crippen LogP contribution < -0.4 is 10.6 Å². The molecule has 0 spiro atoms. The lowest BCUT2D eigenvalue weighted by atomic mass is 9.92. The summed E-state index contributed by atoms with van der Waals surface area (Å²) >= 11 is 0. The number of aliphatic imine (C=N–C) groups is 1. The molecule has 0 bridgehead atoms. The fourth-order valence-electron chi connectivity index (χ4n) is 3.15. The number of piperidine rings is 1. The summed E-state index contributed by atoms with van der Waals surface area (Å²) < 4.78 is 5.34. The van der Waals surface area contributed by atoms with Crippen LogP contribution in [0.1, 0.15) is 40.5 Å². The van der Waals surface area contributed by atoms with Gasteiger partial charge in [0, 0.05) is 52.5 Å². The summed E-state index contributed by atoms with van der Waals surface area (Å²) in [5.41, 5.74) is 0. The zero-order valence-corrected chi connectivity index (χ0v) is 17.8. The molecule has 2 N–H and O–H groups in total. The summed E-state index contributed by atoms with van der Waals surface area (Å²) in [5, 5.41) is 6.75. The van der Waals surface area contributed by atoms with Gasteiger partial charge in [0.15, 0.2) is 5.96 Å². The van der Waals surface area contributed by atoms with E-state index in [-0.39, 0.29) is 24.0 Å². The third kappa shape index (κ3) is 11.2. The van der Waals surface area contributed by atoms with Crippen LogP contribution in [0.5, 0.6) is 0 Å². The van der Waals surface area contributed by atoms with Crippen molar-refractivity contribution in [2.45, 2.75) is 40.5 Å². The van der Waals surface area contributed by atoms with Crippen molar-refractivity contribution >= 4 is 29.9 Å². The van der Waals surface area contributed by atoms with Crippen LogP contribution in [0.3, 0.4) is 0 Å². The molecule has 23 heavy (non-hydrogen) atoms. The molecule has 1 saturated heterocycles. The number of guanidine groups is 1. The average Bonchev–Trinajstić information content (AvgIpc) is 2.46. The Morgan fingerprint density at radius 2 is 1.87 bits per heavy atom. The molecule has 2 unspecified atom stereocenters. The van der Waals surface area contributed by atoms with Crippen molar-refractivity contribution in [3.63, 3.8) is 0 Å². The van der Waals surface area contributed by atoms with Crippen molar-refractivity contribution in [1.82, 2.24) is 15.5 Å². The minimum atomic E-state index is 0. The van der Waals surface area contributed by atoms with Crippen LogP contribution in [0.4, 0.5) is 0 Å². The van der Waals surface area contributed by atoms with E-state index in [1.165, 1.54) is 19.5 Å². The number of nitrogens with zero attached hydrogens (tertiary/aromatic N) is 2. The lowest BCUT2D eigenvalue weighted by Gasteiger charge is -2.35. The fourth-order valence-corrected chi connectivity index (χ4v) is 3.15. The van der Waals surface area contributed by atoms with E-state index in [4.69, 9.17) is 4.74 Å². The second-order valence-electron chi connectivity index (χ2n) is 6.44. The van der Waals surface area contributed by atoms with Crippen LogP contribution in [0, 0.1) is 11.8 Å². The van der Waals surface area contributed by atoms with Crippen LogP contribution in [-0.2, 0) is 4.74 Å². The maximum absolute atomic E-state index is 5.34. The van der Waals surface area contributed by atoms with E-state index in [0.29, 0.717) is 0 Å². The highest BCUT2D eigenvalue weighted by molar-refractivity contribution is 14.0. The standard InChI is InChI=1S/C17H36N4O.HI/c1-5-18-17(19-8-7-11-22-6-2)20-9-10-21-13-15(3)12-16(4)14-21;/h15-16H,5-14H2,1-4H3,(H2,18,19,20);1H. The number of nitrogens with one attached hydrogen (secondary N) is 2. The van der Waals surface area contributed by atoms with Crippen molar-refractivity contribution < 1.29 is 4.74 Å². The van der Waals surface area contributed by atoms with Crippen molar-refractivity contribution in [3.05, 3.63) is 0 Å². The first-order chi connectivity index (χ1) is 10.7. The maximum atomic E-state index is 5.34. The number of hydrogen-bond donors (Lipinski definition) is 2. The van der Waals surface area contributed by atoms with Gasteiger partial charge in [-0.05, 0) is 38.5 Å². The van der Waals surface area contributed by atoms with Gasteiger partial charge in [0.1, 0.15) is 0 Å². The van der Waals surface area contributed by atoms with Gasteiger partial charge < -0.3 is 20.3 Å². The molecule has 0 aromatic carbocycles. The molecule has 0 radical (unpaired) electrons. The van der Waals surface area contributed by atoms with E-state index in [1.54, 1.807) is 0 Å². The lowest BCUT2D eigenvalue weighted by Crippen LogP contribution is -2.45. The summed E-state index contributed by atoms with van der Waals surface area (Å²) in [6.45, 7) is 16.7. The lowest BCUT2D eigenvalue weighted by molar-refractivity contribution is 0.143. The van der Waals surface area contributed by atoms with Gasteiger partial charge in [0.05, 0.1) is 0 Å². The molecule has 5 nitrogen and oxygen atoms in total. The highest BCUT2D eigenvalue weighted by atomic mass is 127. The quantitative estimate of drug-likeness (QED) is 0.251. The largest absolute Gasteiger partial charge is 0.382 e. The van der Waals surface area contributed by atoms with Gasteiger partial charge >= 0.3 is 0 Å². The van der Waals surface area contributed by atoms with Gasteiger partial charge in [0.2, 0.25) is 0 Å². The molecular formula is C17H37IN4O. The second kappa shape index (κ2) is 14.3. The van der Waals surface area contributed by atoms with Crippen molar-refractivity contribution in [1.29, 1.82) is 0 Å². The Labute approximate surface area is 160 Å². The van der Waals surface area contributed by atoms with Gasteiger partial charge in [-0.15, -0.1) is 24.0 Å². The molecule has 0 aromatic heterocycles. The van der Waals surface area contributed by atoms with Crippen LogP contribution >= 0.6 is 24.0 Å². The van der Waals surface area contributed by atoms with Gasteiger partial charge in [-0.1, -0.05) is 13.8 Å². The Bertz CT molecular complexity index is 305. The number of rotatable bonds is 9. The van der Waals surface area contributed by atoms with Crippen LogP contribution in [0.25, 0.3) is 0 Å². The molecule has 1 aliphatic rings. The smallest absolute Gasteiger partial charge is 0.191 e. The number of hydrogen-bond acceptors (Lipinski definition) is 3. The molecule has 1 heterocycles. The molecule has 6 heteroatoms. The zero-order valence-electron chi connectivity index (χ0n) is 15.4. The maximum Gasteiger partial charge on any atom is 0.191 e. The summed E-state index contributed by atoms with van der Waals surface area (Å²) in [4.78, 5) is 7.17. The SMILES string of the molecule is CCNC(=NCCCOCC)NCCN1CC(C)CC(C)C1.I. The molecule has 1 aliphatic heterocycles. The Morgan fingerprint density at radius 3 is 2.48 bits per heavy atom. The monoisotopic (exact) mass is 440 g/mol. The van der Waals surface area contributed by atoms with Crippen molar-refractivity contribution in [3.8, 4) is 0 Å². The zero-order chi connectivity index (χ0) is 16.2. The Kier molecular flexibility index (Phi) is 14.2. The first-order valence-corrected chi connectivity index (χ1v) is 8.97. The first kappa shape index (κ1) is 22.9. The van der Waals surface area contributed by atoms with E-state index in [9.17, 15) is 0 Å². The predicted molar refractivity (Wildman–Crippen MR) is 110 cm³/mol. The average molecular weight is 440 g/mol. The van der Waals surface area contributed by atoms with Crippen molar-refractivity contribution in [2.75, 3.05) is 52.5 Å². The minimum Gasteiger partial charge on any atom is -0.382 e. The van der Waals surface area contributed by atoms with Gasteiger partial charge in [-0.2, -0.15) is 0 Å². The van der Waals surface area contributed by atoms with Crippen LogP contribution in [0.2, 0.25) is 0 Å². The molecule has 0 amide bonds. The normalized spacial score (nSPS) is 22.5. The van der Waals surface area contributed by atoms with Gasteiger partial charge in [0.25, 0.3) is 0 Å². The number of halogens is 1. The van der Waals surface area contributed by atoms with Gasteiger partial charge in [-0.3, -0.25) is 4.99 Å². The van der Waals surface area contributed by atoms with Crippen molar-refractivity contribution in [2.24, 2.45) is 16.8 Å². The van der Waals surface area contributed by atoms with E-state index >= 15 is 0 Å². The molecule has 1 rings (SSSR count). The molecular weight excluding hydrogens is 403 g/mol. The van der Waals surface area contributed by atoms with E-state index < -0.39 is 0 Å². The van der Waals surface area contributed by atoms with Crippen LogP contribution in [0.15, 0.2) is 4.99 Å². The minimum absolute atomic E-state index is 0. The second-order valence-corrected chi connectivity index (χ2v) is 6.44. The van der Waals surface area contributed by atoms with E-state index in [1.807, 2.05) is 6.92 Å². The van der Waals surface area contributed by atoms with E-state index in [2.05, 4.69) is 41.3 Å². The molecule has 1 fully saturated rings. The summed E-state index contributed by atoms with van der Waals surface area (Å²) in [6.07, 6.45) is 2.35. The third-order valence-corrected chi connectivity index (χ3v) is 3.93. The van der Waals surface area contributed by atoms with Gasteiger partial charge in [-0.25, -0.2) is 0 Å². The molecule has 0 aromatic rings. The third-order valence-electron chi connectivity index (χ3n) is 3.93.